The van der Waals surface area contributed by atoms with Crippen LogP contribution in [0.2, 0.25) is 0 Å². The number of ether oxygens (including phenoxy) is 1. The summed E-state index contributed by atoms with van der Waals surface area (Å²) in [5.74, 6) is 0.910. The van der Waals surface area contributed by atoms with Crippen molar-refractivity contribution < 1.29 is 4.74 Å². The highest BCUT2D eigenvalue weighted by atomic mass is 32.1. The third-order valence-electron chi connectivity index (χ3n) is 3.32. The molecule has 1 heterocycles. The van der Waals surface area contributed by atoms with E-state index in [1.807, 2.05) is 19.1 Å². The molecule has 0 saturated heterocycles. The number of hydrogen-bond donors (Lipinski definition) is 1. The molecular formula is C16H22N2OS. The van der Waals surface area contributed by atoms with E-state index in [0.717, 1.165) is 12.3 Å². The van der Waals surface area contributed by atoms with E-state index in [1.165, 1.54) is 10.4 Å². The first-order valence-electron chi connectivity index (χ1n) is 6.90. The number of benzene rings is 1. The van der Waals surface area contributed by atoms with Crippen LogP contribution in [0, 0.1) is 0 Å². The maximum absolute atomic E-state index is 5.96. The average molecular weight is 290 g/mol. The fraction of sp³-hybridized carbons (Fsp3) is 0.375. The summed E-state index contributed by atoms with van der Waals surface area (Å²) in [5.41, 5.74) is 7.19. The van der Waals surface area contributed by atoms with E-state index < -0.39 is 0 Å². The molecule has 1 aromatic carbocycles. The van der Waals surface area contributed by atoms with Crippen molar-refractivity contribution in [1.29, 1.82) is 0 Å². The van der Waals surface area contributed by atoms with Crippen molar-refractivity contribution in [2.24, 2.45) is 5.73 Å². The summed E-state index contributed by atoms with van der Waals surface area (Å²) in [4.78, 5) is 3.65. The molecular weight excluding hydrogens is 268 g/mol. The molecule has 2 rings (SSSR count). The van der Waals surface area contributed by atoms with E-state index in [4.69, 9.17) is 10.5 Å². The molecule has 0 bridgehead atoms. The van der Waals surface area contributed by atoms with Crippen LogP contribution in [0.5, 0.6) is 5.75 Å². The van der Waals surface area contributed by atoms with Gasteiger partial charge in [0.25, 0.3) is 0 Å². The standard InChI is InChI=1S/C16H22N2OS/c1-3-19-14-8-6-13(7-9-14)16(11-17)18(2)12-15-5-4-10-20-15/h4-10,16H,3,11-12,17H2,1-2H3. The molecule has 0 fully saturated rings. The number of rotatable bonds is 7. The first-order valence-corrected chi connectivity index (χ1v) is 7.78. The molecule has 0 aliphatic rings. The molecule has 3 nitrogen and oxygen atoms in total. The Kier molecular flexibility index (Phi) is 5.59. The molecule has 1 atom stereocenters. The van der Waals surface area contributed by atoms with Crippen molar-refractivity contribution in [2.75, 3.05) is 20.2 Å². The Balaban J connectivity index is 2.06. The lowest BCUT2D eigenvalue weighted by atomic mass is 10.1. The lowest BCUT2D eigenvalue weighted by Gasteiger charge is -2.27. The lowest BCUT2D eigenvalue weighted by Crippen LogP contribution is -2.29. The molecule has 0 aliphatic carbocycles. The van der Waals surface area contributed by atoms with Gasteiger partial charge in [-0.25, -0.2) is 0 Å². The van der Waals surface area contributed by atoms with Gasteiger partial charge in [0.2, 0.25) is 0 Å². The third-order valence-corrected chi connectivity index (χ3v) is 4.18. The van der Waals surface area contributed by atoms with Crippen LogP contribution in [0.3, 0.4) is 0 Å². The molecule has 0 amide bonds. The van der Waals surface area contributed by atoms with Crippen LogP contribution >= 0.6 is 11.3 Å². The maximum Gasteiger partial charge on any atom is 0.119 e. The summed E-state index contributed by atoms with van der Waals surface area (Å²) < 4.78 is 5.48. The zero-order valence-electron chi connectivity index (χ0n) is 12.1. The van der Waals surface area contributed by atoms with Crippen molar-refractivity contribution >= 4 is 11.3 Å². The van der Waals surface area contributed by atoms with Crippen molar-refractivity contribution in [3.8, 4) is 5.75 Å². The van der Waals surface area contributed by atoms with Gasteiger partial charge in [0.1, 0.15) is 5.75 Å². The molecule has 0 aliphatic heterocycles. The van der Waals surface area contributed by atoms with Gasteiger partial charge in [0.05, 0.1) is 6.61 Å². The highest BCUT2D eigenvalue weighted by Crippen LogP contribution is 2.23. The number of hydrogen-bond acceptors (Lipinski definition) is 4. The first-order chi connectivity index (χ1) is 9.74. The van der Waals surface area contributed by atoms with Crippen LogP contribution in [-0.4, -0.2) is 25.1 Å². The normalized spacial score (nSPS) is 12.6. The molecule has 2 aromatic rings. The highest BCUT2D eigenvalue weighted by Gasteiger charge is 2.16. The van der Waals surface area contributed by atoms with Crippen LogP contribution < -0.4 is 10.5 Å². The van der Waals surface area contributed by atoms with Crippen LogP contribution in [0.4, 0.5) is 0 Å². The second-order valence-corrected chi connectivity index (χ2v) is 5.78. The van der Waals surface area contributed by atoms with E-state index in [-0.39, 0.29) is 6.04 Å². The molecule has 108 valence electrons. The summed E-state index contributed by atoms with van der Waals surface area (Å²) in [7, 11) is 2.12. The fourth-order valence-corrected chi connectivity index (χ4v) is 3.05. The fourth-order valence-electron chi connectivity index (χ4n) is 2.28. The van der Waals surface area contributed by atoms with Gasteiger partial charge in [-0.1, -0.05) is 18.2 Å². The molecule has 2 N–H and O–H groups in total. The summed E-state index contributed by atoms with van der Waals surface area (Å²) in [6.45, 7) is 4.21. The SMILES string of the molecule is CCOc1ccc(C(CN)N(C)Cc2cccs2)cc1. The van der Waals surface area contributed by atoms with E-state index in [9.17, 15) is 0 Å². The smallest absolute Gasteiger partial charge is 0.119 e. The summed E-state index contributed by atoms with van der Waals surface area (Å²) in [5, 5.41) is 2.11. The number of nitrogens with two attached hydrogens (primary N) is 1. The molecule has 0 radical (unpaired) electrons. The van der Waals surface area contributed by atoms with Crippen molar-refractivity contribution in [3.63, 3.8) is 0 Å². The summed E-state index contributed by atoms with van der Waals surface area (Å²) in [6.07, 6.45) is 0. The average Bonchev–Trinajstić information content (AvgIpc) is 2.95. The Labute approximate surface area is 125 Å². The van der Waals surface area contributed by atoms with Crippen LogP contribution in [0.25, 0.3) is 0 Å². The zero-order valence-corrected chi connectivity index (χ0v) is 12.9. The molecule has 0 saturated carbocycles. The van der Waals surface area contributed by atoms with Gasteiger partial charge in [-0.05, 0) is 43.1 Å². The molecule has 20 heavy (non-hydrogen) atoms. The monoisotopic (exact) mass is 290 g/mol. The molecule has 4 heteroatoms. The van der Waals surface area contributed by atoms with Gasteiger partial charge in [0.15, 0.2) is 0 Å². The molecule has 1 unspecified atom stereocenters. The van der Waals surface area contributed by atoms with Crippen LogP contribution in [0.15, 0.2) is 41.8 Å². The van der Waals surface area contributed by atoms with E-state index in [1.54, 1.807) is 11.3 Å². The second-order valence-electron chi connectivity index (χ2n) is 4.75. The van der Waals surface area contributed by atoms with Gasteiger partial charge in [-0.2, -0.15) is 0 Å². The van der Waals surface area contributed by atoms with Crippen LogP contribution in [-0.2, 0) is 6.54 Å². The van der Waals surface area contributed by atoms with Crippen molar-refractivity contribution in [2.45, 2.75) is 19.5 Å². The maximum atomic E-state index is 5.96. The summed E-state index contributed by atoms with van der Waals surface area (Å²) in [6, 6.07) is 12.7. The summed E-state index contributed by atoms with van der Waals surface area (Å²) >= 11 is 1.78. The van der Waals surface area contributed by atoms with Gasteiger partial charge < -0.3 is 10.5 Å². The Morgan fingerprint density at radius 2 is 2.00 bits per heavy atom. The predicted octanol–water partition coefficient (Wildman–Crippen LogP) is 3.28. The predicted molar refractivity (Wildman–Crippen MR) is 85.2 cm³/mol. The topological polar surface area (TPSA) is 38.5 Å². The number of thiophene rings is 1. The minimum Gasteiger partial charge on any atom is -0.494 e. The largest absolute Gasteiger partial charge is 0.494 e. The number of nitrogens with zero attached hydrogens (tertiary/aromatic N) is 1. The second kappa shape index (κ2) is 7.43. The van der Waals surface area contributed by atoms with E-state index in [2.05, 4.69) is 41.6 Å². The Hall–Kier alpha value is -1.36. The van der Waals surface area contributed by atoms with Gasteiger partial charge in [0, 0.05) is 24.0 Å². The first kappa shape index (κ1) is 15.0. The third kappa shape index (κ3) is 3.82. The van der Waals surface area contributed by atoms with Crippen molar-refractivity contribution in [3.05, 3.63) is 52.2 Å². The van der Waals surface area contributed by atoms with Crippen LogP contribution in [0.1, 0.15) is 23.4 Å². The van der Waals surface area contributed by atoms with Crippen molar-refractivity contribution in [1.82, 2.24) is 4.90 Å². The molecule has 1 aromatic heterocycles. The Morgan fingerprint density at radius 3 is 2.55 bits per heavy atom. The lowest BCUT2D eigenvalue weighted by molar-refractivity contribution is 0.243. The van der Waals surface area contributed by atoms with Gasteiger partial charge in [-0.15, -0.1) is 11.3 Å². The minimum absolute atomic E-state index is 0.229. The number of likely N-dealkylation sites (N-methyl/N-ethyl adjacent to an activating group) is 1. The Bertz CT molecular complexity index is 496. The quantitative estimate of drug-likeness (QED) is 0.850. The Morgan fingerprint density at radius 1 is 1.25 bits per heavy atom. The van der Waals surface area contributed by atoms with Gasteiger partial charge in [-0.3, -0.25) is 4.90 Å². The zero-order chi connectivity index (χ0) is 14.4. The minimum atomic E-state index is 0.229. The van der Waals surface area contributed by atoms with E-state index >= 15 is 0 Å². The molecule has 0 spiro atoms. The highest BCUT2D eigenvalue weighted by molar-refractivity contribution is 7.09. The van der Waals surface area contributed by atoms with E-state index in [0.29, 0.717) is 13.2 Å². The van der Waals surface area contributed by atoms with Gasteiger partial charge >= 0.3 is 0 Å².